The van der Waals surface area contributed by atoms with Gasteiger partial charge in [0.1, 0.15) is 5.75 Å². The number of allylic oxidation sites excluding steroid dienone is 1. The summed E-state index contributed by atoms with van der Waals surface area (Å²) in [7, 11) is 1.68. The SMILES string of the molecule is COc1cc(N2CCCC2)ccc1/C=C(\C#N)c1ccccc1. The van der Waals surface area contributed by atoms with Crippen molar-refractivity contribution in [3.05, 3.63) is 59.7 Å². The summed E-state index contributed by atoms with van der Waals surface area (Å²) in [6.07, 6.45) is 4.38. The summed E-state index contributed by atoms with van der Waals surface area (Å²) in [5.41, 5.74) is 3.67. The average Bonchev–Trinajstić information content (AvgIpc) is 3.15. The lowest BCUT2D eigenvalue weighted by Crippen LogP contribution is -2.17. The number of hydrogen-bond acceptors (Lipinski definition) is 3. The van der Waals surface area contributed by atoms with Crippen molar-refractivity contribution in [3.63, 3.8) is 0 Å². The van der Waals surface area contributed by atoms with E-state index in [0.29, 0.717) is 5.57 Å². The molecular formula is C20H20N2O. The molecule has 0 aliphatic carbocycles. The molecule has 3 heteroatoms. The van der Waals surface area contributed by atoms with Gasteiger partial charge in [-0.05, 0) is 36.6 Å². The zero-order valence-corrected chi connectivity index (χ0v) is 13.3. The number of nitrogens with zero attached hydrogens (tertiary/aromatic N) is 2. The van der Waals surface area contributed by atoms with E-state index in [4.69, 9.17) is 4.74 Å². The monoisotopic (exact) mass is 304 g/mol. The van der Waals surface area contributed by atoms with Gasteiger partial charge in [-0.15, -0.1) is 0 Å². The van der Waals surface area contributed by atoms with Crippen LogP contribution in [0.15, 0.2) is 48.5 Å². The molecule has 116 valence electrons. The second-order valence-corrected chi connectivity index (χ2v) is 5.66. The van der Waals surface area contributed by atoms with Crippen LogP contribution in [0.25, 0.3) is 11.6 Å². The van der Waals surface area contributed by atoms with Crippen molar-refractivity contribution >= 4 is 17.3 Å². The fourth-order valence-electron chi connectivity index (χ4n) is 2.94. The summed E-state index contributed by atoms with van der Waals surface area (Å²) in [5, 5.41) is 9.46. The summed E-state index contributed by atoms with van der Waals surface area (Å²) in [5.74, 6) is 0.804. The quantitative estimate of drug-likeness (QED) is 0.622. The van der Waals surface area contributed by atoms with Crippen LogP contribution in [0.3, 0.4) is 0 Å². The topological polar surface area (TPSA) is 36.3 Å². The maximum atomic E-state index is 9.46. The van der Waals surface area contributed by atoms with Gasteiger partial charge < -0.3 is 9.64 Å². The fraction of sp³-hybridized carbons (Fsp3) is 0.250. The normalized spacial score (nSPS) is 14.6. The van der Waals surface area contributed by atoms with E-state index in [0.717, 1.165) is 30.0 Å². The largest absolute Gasteiger partial charge is 0.496 e. The lowest BCUT2D eigenvalue weighted by Gasteiger charge is -2.19. The second kappa shape index (κ2) is 7.02. The van der Waals surface area contributed by atoms with Crippen LogP contribution >= 0.6 is 0 Å². The zero-order valence-electron chi connectivity index (χ0n) is 13.3. The lowest BCUT2D eigenvalue weighted by atomic mass is 10.0. The van der Waals surface area contributed by atoms with E-state index < -0.39 is 0 Å². The van der Waals surface area contributed by atoms with E-state index in [1.165, 1.54) is 18.5 Å². The molecule has 3 nitrogen and oxygen atoms in total. The number of hydrogen-bond donors (Lipinski definition) is 0. The predicted octanol–water partition coefficient (Wildman–Crippen LogP) is 4.36. The molecule has 1 saturated heterocycles. The third kappa shape index (κ3) is 3.37. The maximum Gasteiger partial charge on any atom is 0.128 e. The molecule has 0 atom stereocenters. The van der Waals surface area contributed by atoms with Crippen LogP contribution in [-0.4, -0.2) is 20.2 Å². The Morgan fingerprint density at radius 1 is 1.13 bits per heavy atom. The number of anilines is 1. The van der Waals surface area contributed by atoms with E-state index >= 15 is 0 Å². The van der Waals surface area contributed by atoms with E-state index in [2.05, 4.69) is 23.1 Å². The molecule has 0 amide bonds. The van der Waals surface area contributed by atoms with Gasteiger partial charge in [-0.3, -0.25) is 0 Å². The number of nitriles is 1. The molecule has 1 fully saturated rings. The van der Waals surface area contributed by atoms with Crippen molar-refractivity contribution in [1.82, 2.24) is 0 Å². The van der Waals surface area contributed by atoms with Crippen LogP contribution in [0.2, 0.25) is 0 Å². The van der Waals surface area contributed by atoms with E-state index in [9.17, 15) is 5.26 Å². The van der Waals surface area contributed by atoms with Crippen LogP contribution in [0.5, 0.6) is 5.75 Å². The summed E-state index contributed by atoms with van der Waals surface area (Å²) < 4.78 is 5.55. The Balaban J connectivity index is 1.95. The van der Waals surface area contributed by atoms with E-state index in [-0.39, 0.29) is 0 Å². The summed E-state index contributed by atoms with van der Waals surface area (Å²) >= 11 is 0. The van der Waals surface area contributed by atoms with Crippen molar-refractivity contribution in [2.45, 2.75) is 12.8 Å². The van der Waals surface area contributed by atoms with Gasteiger partial charge in [0.15, 0.2) is 0 Å². The van der Waals surface area contributed by atoms with Crippen LogP contribution in [0, 0.1) is 11.3 Å². The zero-order chi connectivity index (χ0) is 16.1. The van der Waals surface area contributed by atoms with Gasteiger partial charge in [0.2, 0.25) is 0 Å². The molecule has 0 saturated carbocycles. The van der Waals surface area contributed by atoms with Gasteiger partial charge in [0.05, 0.1) is 18.8 Å². The standard InChI is InChI=1S/C20H20N2O/c1-23-20-14-19(22-11-5-6-12-22)10-9-17(20)13-18(15-21)16-7-3-2-4-8-16/h2-4,7-10,13-14H,5-6,11-12H2,1H3/b18-13+. The van der Waals surface area contributed by atoms with Gasteiger partial charge in [0.25, 0.3) is 0 Å². The molecule has 1 aliphatic rings. The Morgan fingerprint density at radius 3 is 2.52 bits per heavy atom. The first-order valence-corrected chi connectivity index (χ1v) is 7.92. The molecule has 1 aliphatic heterocycles. The highest BCUT2D eigenvalue weighted by molar-refractivity contribution is 5.90. The van der Waals surface area contributed by atoms with Crippen molar-refractivity contribution in [2.24, 2.45) is 0 Å². The van der Waals surface area contributed by atoms with Crippen LogP contribution in [0.1, 0.15) is 24.0 Å². The molecule has 2 aromatic carbocycles. The summed E-state index contributed by atoms with van der Waals surface area (Å²) in [4.78, 5) is 2.37. The molecule has 23 heavy (non-hydrogen) atoms. The molecule has 0 aromatic heterocycles. The minimum absolute atomic E-state index is 0.637. The minimum Gasteiger partial charge on any atom is -0.496 e. The molecule has 0 radical (unpaired) electrons. The van der Waals surface area contributed by atoms with Gasteiger partial charge in [-0.25, -0.2) is 0 Å². The molecular weight excluding hydrogens is 284 g/mol. The highest BCUT2D eigenvalue weighted by atomic mass is 16.5. The molecule has 0 bridgehead atoms. The van der Waals surface area contributed by atoms with Crippen molar-refractivity contribution in [3.8, 4) is 11.8 Å². The number of benzene rings is 2. The number of methoxy groups -OCH3 is 1. The third-order valence-corrected chi connectivity index (χ3v) is 4.19. The Morgan fingerprint density at radius 2 is 1.87 bits per heavy atom. The molecule has 1 heterocycles. The van der Waals surface area contributed by atoms with Crippen LogP contribution in [0.4, 0.5) is 5.69 Å². The van der Waals surface area contributed by atoms with E-state index in [1.54, 1.807) is 7.11 Å². The summed E-state index contributed by atoms with van der Waals surface area (Å²) in [6, 6.07) is 18.2. The fourth-order valence-corrected chi connectivity index (χ4v) is 2.94. The molecule has 2 aromatic rings. The van der Waals surface area contributed by atoms with Gasteiger partial charge in [-0.2, -0.15) is 5.26 Å². The molecule has 0 N–H and O–H groups in total. The van der Waals surface area contributed by atoms with Gasteiger partial charge >= 0.3 is 0 Å². The minimum atomic E-state index is 0.637. The van der Waals surface area contributed by atoms with Gasteiger partial charge in [0, 0.05) is 30.4 Å². The first-order chi connectivity index (χ1) is 11.3. The second-order valence-electron chi connectivity index (χ2n) is 5.66. The summed E-state index contributed by atoms with van der Waals surface area (Å²) in [6.45, 7) is 2.21. The Hall–Kier alpha value is -2.73. The Kier molecular flexibility index (Phi) is 4.63. The van der Waals surface area contributed by atoms with Crippen molar-refractivity contribution in [1.29, 1.82) is 5.26 Å². The molecule has 0 unspecified atom stereocenters. The first-order valence-electron chi connectivity index (χ1n) is 7.92. The Bertz CT molecular complexity index is 738. The predicted molar refractivity (Wildman–Crippen MR) is 94.4 cm³/mol. The number of rotatable bonds is 4. The maximum absolute atomic E-state index is 9.46. The van der Waals surface area contributed by atoms with Crippen LogP contribution in [-0.2, 0) is 0 Å². The number of ether oxygens (including phenoxy) is 1. The van der Waals surface area contributed by atoms with Crippen molar-refractivity contribution in [2.75, 3.05) is 25.1 Å². The van der Waals surface area contributed by atoms with Crippen LogP contribution < -0.4 is 9.64 Å². The average molecular weight is 304 g/mol. The smallest absolute Gasteiger partial charge is 0.128 e. The van der Waals surface area contributed by atoms with Gasteiger partial charge in [-0.1, -0.05) is 30.3 Å². The highest BCUT2D eigenvalue weighted by Crippen LogP contribution is 2.30. The van der Waals surface area contributed by atoms with Crippen molar-refractivity contribution < 1.29 is 4.74 Å². The molecule has 0 spiro atoms. The third-order valence-electron chi connectivity index (χ3n) is 4.19. The lowest BCUT2D eigenvalue weighted by molar-refractivity contribution is 0.414. The first kappa shape index (κ1) is 15.2. The Labute approximate surface area is 137 Å². The molecule has 3 rings (SSSR count). The van der Waals surface area contributed by atoms with E-state index in [1.807, 2.05) is 42.5 Å². The highest BCUT2D eigenvalue weighted by Gasteiger charge is 2.14.